The summed E-state index contributed by atoms with van der Waals surface area (Å²) in [5.74, 6) is -1.40. The number of imide groups is 1. The van der Waals surface area contributed by atoms with Gasteiger partial charge in [-0.05, 0) is 20.5 Å². The molecule has 0 aromatic rings. The number of carboxylic acids is 1. The Bertz CT molecular complexity index is 388. The molecule has 0 bridgehead atoms. The van der Waals surface area contributed by atoms with Gasteiger partial charge in [0.05, 0.1) is 0 Å². The highest BCUT2D eigenvalue weighted by Crippen LogP contribution is 2.04. The lowest BCUT2D eigenvalue weighted by Gasteiger charge is -2.37. The molecule has 1 rings (SSSR count). The summed E-state index contributed by atoms with van der Waals surface area (Å²) in [6.45, 7) is 3.28. The van der Waals surface area contributed by atoms with Crippen molar-refractivity contribution in [3.63, 3.8) is 0 Å². The van der Waals surface area contributed by atoms with Crippen LogP contribution in [0.1, 0.15) is 19.3 Å². The fourth-order valence-corrected chi connectivity index (χ4v) is 2.17. The molecule has 1 saturated heterocycles. The highest BCUT2D eigenvalue weighted by atomic mass is 16.4. The molecule has 8 nitrogen and oxygen atoms in total. The number of nitrogens with one attached hydrogen (secondary N) is 2. The Morgan fingerprint density at radius 1 is 1.19 bits per heavy atom. The number of amides is 3. The lowest BCUT2D eigenvalue weighted by atomic mass is 10.2. The molecule has 0 radical (unpaired) electrons. The maximum Gasteiger partial charge on any atom is 0.321 e. The van der Waals surface area contributed by atoms with Gasteiger partial charge in [0.2, 0.25) is 5.91 Å². The standard InChI is InChI=1S/C13H24N4O4/c1-16-6-7-17(2)10(9-16)8-14-13(21)15-11(18)4-3-5-12(19)20/h10H,3-9H2,1-2H3,(H,19,20)(H2,14,15,18,21). The van der Waals surface area contributed by atoms with Gasteiger partial charge in [0.1, 0.15) is 0 Å². The van der Waals surface area contributed by atoms with Crippen molar-refractivity contribution in [1.82, 2.24) is 20.4 Å². The van der Waals surface area contributed by atoms with E-state index in [4.69, 9.17) is 5.11 Å². The predicted octanol–water partition coefficient (Wildman–Crippen LogP) is -0.687. The maximum atomic E-state index is 11.6. The Morgan fingerprint density at radius 3 is 2.57 bits per heavy atom. The minimum Gasteiger partial charge on any atom is -0.481 e. The third kappa shape index (κ3) is 7.05. The van der Waals surface area contributed by atoms with E-state index in [-0.39, 0.29) is 25.3 Å². The van der Waals surface area contributed by atoms with Gasteiger partial charge >= 0.3 is 12.0 Å². The number of carbonyl (C=O) groups excluding carboxylic acids is 2. The fraction of sp³-hybridized carbons (Fsp3) is 0.769. The fourth-order valence-electron chi connectivity index (χ4n) is 2.17. The Labute approximate surface area is 124 Å². The molecule has 0 aromatic carbocycles. The number of aliphatic carboxylic acids is 1. The van der Waals surface area contributed by atoms with Crippen LogP contribution in [0.15, 0.2) is 0 Å². The quantitative estimate of drug-likeness (QED) is 0.600. The lowest BCUT2D eigenvalue weighted by Crippen LogP contribution is -2.55. The summed E-state index contributed by atoms with van der Waals surface area (Å²) < 4.78 is 0. The SMILES string of the molecule is CN1CCN(C)C(CNC(=O)NC(=O)CCCC(=O)O)C1. The predicted molar refractivity (Wildman–Crippen MR) is 76.9 cm³/mol. The number of nitrogens with zero attached hydrogens (tertiary/aromatic N) is 2. The molecule has 120 valence electrons. The first-order valence-electron chi connectivity index (χ1n) is 7.06. The van der Waals surface area contributed by atoms with Gasteiger partial charge < -0.3 is 15.3 Å². The molecule has 1 aliphatic heterocycles. The van der Waals surface area contributed by atoms with E-state index in [1.807, 2.05) is 14.1 Å². The first-order valence-corrected chi connectivity index (χ1v) is 7.06. The molecule has 1 atom stereocenters. The summed E-state index contributed by atoms with van der Waals surface area (Å²) in [7, 11) is 4.04. The summed E-state index contributed by atoms with van der Waals surface area (Å²) in [6.07, 6.45) is 0.185. The Balaban J connectivity index is 2.21. The number of rotatable bonds is 6. The van der Waals surface area contributed by atoms with Crippen molar-refractivity contribution < 1.29 is 19.5 Å². The van der Waals surface area contributed by atoms with Gasteiger partial charge in [-0.25, -0.2) is 4.79 Å². The Kier molecular flexibility index (Phi) is 7.10. The van der Waals surface area contributed by atoms with Crippen LogP contribution in [0.2, 0.25) is 0 Å². The second-order valence-electron chi connectivity index (χ2n) is 5.40. The normalized spacial score (nSPS) is 20.0. The van der Waals surface area contributed by atoms with Gasteiger partial charge in [-0.2, -0.15) is 0 Å². The number of urea groups is 1. The molecule has 0 aromatic heterocycles. The smallest absolute Gasteiger partial charge is 0.321 e. The Hall–Kier alpha value is -1.67. The first kappa shape index (κ1) is 17.4. The van der Waals surface area contributed by atoms with Crippen LogP contribution in [0.5, 0.6) is 0 Å². The topological polar surface area (TPSA) is 102 Å². The number of hydrogen-bond acceptors (Lipinski definition) is 5. The van der Waals surface area contributed by atoms with Gasteiger partial charge in [0.15, 0.2) is 0 Å². The largest absolute Gasteiger partial charge is 0.481 e. The zero-order valence-corrected chi connectivity index (χ0v) is 12.6. The van der Waals surface area contributed by atoms with Crippen LogP contribution in [-0.4, -0.2) is 79.1 Å². The van der Waals surface area contributed by atoms with E-state index in [9.17, 15) is 14.4 Å². The summed E-state index contributed by atoms with van der Waals surface area (Å²) >= 11 is 0. The van der Waals surface area contributed by atoms with Crippen molar-refractivity contribution in [1.29, 1.82) is 0 Å². The van der Waals surface area contributed by atoms with E-state index in [1.54, 1.807) is 0 Å². The van der Waals surface area contributed by atoms with Gasteiger partial charge in [0.25, 0.3) is 0 Å². The molecular formula is C13H24N4O4. The molecule has 0 saturated carbocycles. The summed E-state index contributed by atoms with van der Waals surface area (Å²) in [6, 6.07) is -0.312. The van der Waals surface area contributed by atoms with Crippen molar-refractivity contribution in [3.8, 4) is 0 Å². The van der Waals surface area contributed by atoms with E-state index < -0.39 is 17.9 Å². The highest BCUT2D eigenvalue weighted by molar-refractivity contribution is 5.94. The average Bonchev–Trinajstić information content (AvgIpc) is 2.39. The zero-order chi connectivity index (χ0) is 15.8. The third-order valence-corrected chi connectivity index (χ3v) is 3.53. The second-order valence-corrected chi connectivity index (χ2v) is 5.40. The lowest BCUT2D eigenvalue weighted by molar-refractivity contribution is -0.137. The third-order valence-electron chi connectivity index (χ3n) is 3.53. The van der Waals surface area contributed by atoms with Crippen LogP contribution in [-0.2, 0) is 9.59 Å². The number of hydrogen-bond donors (Lipinski definition) is 3. The molecule has 1 aliphatic rings. The van der Waals surface area contributed by atoms with Crippen molar-refractivity contribution in [3.05, 3.63) is 0 Å². The monoisotopic (exact) mass is 300 g/mol. The van der Waals surface area contributed by atoms with Gasteiger partial charge in [-0.1, -0.05) is 0 Å². The highest BCUT2D eigenvalue weighted by Gasteiger charge is 2.22. The molecule has 1 fully saturated rings. The van der Waals surface area contributed by atoms with Crippen LogP contribution in [0, 0.1) is 0 Å². The van der Waals surface area contributed by atoms with E-state index >= 15 is 0 Å². The molecular weight excluding hydrogens is 276 g/mol. The zero-order valence-electron chi connectivity index (χ0n) is 12.6. The molecule has 3 amide bonds. The van der Waals surface area contributed by atoms with Crippen LogP contribution in [0.3, 0.4) is 0 Å². The summed E-state index contributed by atoms with van der Waals surface area (Å²) in [5.41, 5.74) is 0. The molecule has 3 N–H and O–H groups in total. The number of carbonyl (C=O) groups is 3. The van der Waals surface area contributed by atoms with E-state index in [1.165, 1.54) is 0 Å². The van der Waals surface area contributed by atoms with Gasteiger partial charge in [-0.3, -0.25) is 19.8 Å². The van der Waals surface area contributed by atoms with Crippen LogP contribution < -0.4 is 10.6 Å². The van der Waals surface area contributed by atoms with Gasteiger partial charge in [-0.15, -0.1) is 0 Å². The van der Waals surface area contributed by atoms with Crippen LogP contribution in [0.25, 0.3) is 0 Å². The summed E-state index contributed by atoms with van der Waals surface area (Å²) in [4.78, 5) is 37.7. The molecule has 0 aliphatic carbocycles. The van der Waals surface area contributed by atoms with Crippen LogP contribution in [0.4, 0.5) is 4.79 Å². The van der Waals surface area contributed by atoms with Crippen molar-refractivity contribution in [2.24, 2.45) is 0 Å². The van der Waals surface area contributed by atoms with Crippen LogP contribution >= 0.6 is 0 Å². The molecule has 8 heteroatoms. The van der Waals surface area contributed by atoms with Crippen molar-refractivity contribution in [2.45, 2.75) is 25.3 Å². The number of piperazine rings is 1. The average molecular weight is 300 g/mol. The first-order chi connectivity index (χ1) is 9.88. The number of carboxylic acid groups (broad SMARTS) is 1. The maximum absolute atomic E-state index is 11.6. The second kappa shape index (κ2) is 8.58. The minimum absolute atomic E-state index is 0.0335. The van der Waals surface area contributed by atoms with Crippen molar-refractivity contribution in [2.75, 3.05) is 40.3 Å². The Morgan fingerprint density at radius 2 is 1.90 bits per heavy atom. The van der Waals surface area contributed by atoms with Crippen molar-refractivity contribution >= 4 is 17.9 Å². The number of likely N-dealkylation sites (N-methyl/N-ethyl adjacent to an activating group) is 2. The molecule has 1 heterocycles. The molecule has 21 heavy (non-hydrogen) atoms. The van der Waals surface area contributed by atoms with E-state index in [0.717, 1.165) is 19.6 Å². The summed E-state index contributed by atoms with van der Waals surface area (Å²) in [5, 5.41) is 13.3. The van der Waals surface area contributed by atoms with E-state index in [0.29, 0.717) is 6.54 Å². The molecule has 1 unspecified atom stereocenters. The van der Waals surface area contributed by atoms with E-state index in [2.05, 4.69) is 20.4 Å². The minimum atomic E-state index is -0.947. The molecule has 0 spiro atoms. The van der Waals surface area contributed by atoms with Gasteiger partial charge in [0, 0.05) is 45.1 Å².